The summed E-state index contributed by atoms with van der Waals surface area (Å²) < 4.78 is 3.21. The van der Waals surface area contributed by atoms with Crippen molar-refractivity contribution in [3.63, 3.8) is 0 Å². The Hall–Kier alpha value is -3.58. The molecule has 0 aliphatic heterocycles. The van der Waals surface area contributed by atoms with Gasteiger partial charge in [0, 0.05) is 17.7 Å². The number of imidazole rings is 1. The minimum absolute atomic E-state index is 0.265. The van der Waals surface area contributed by atoms with Crippen molar-refractivity contribution in [2.45, 2.75) is 33.7 Å². The zero-order chi connectivity index (χ0) is 22.4. The Morgan fingerprint density at radius 1 is 1.06 bits per heavy atom. The van der Waals surface area contributed by atoms with Crippen molar-refractivity contribution in [1.29, 1.82) is 0 Å². The maximum Gasteiger partial charge on any atom is 0.336 e. The molecule has 0 unspecified atom stereocenters. The lowest BCUT2D eigenvalue weighted by Crippen LogP contribution is -2.05. The Balaban J connectivity index is 1.57. The highest BCUT2D eigenvalue weighted by Crippen LogP contribution is 2.33. The molecule has 0 saturated carbocycles. The van der Waals surface area contributed by atoms with Crippen LogP contribution in [0.25, 0.3) is 32.0 Å². The summed E-state index contributed by atoms with van der Waals surface area (Å²) in [5.41, 5.74) is 6.87. The van der Waals surface area contributed by atoms with Gasteiger partial charge in [-0.25, -0.2) is 19.7 Å². The van der Waals surface area contributed by atoms with Crippen molar-refractivity contribution in [2.24, 2.45) is 0 Å². The molecule has 0 fully saturated rings. The minimum Gasteiger partial charge on any atom is -0.478 e. The van der Waals surface area contributed by atoms with Crippen molar-refractivity contribution in [1.82, 2.24) is 19.5 Å². The topological polar surface area (TPSA) is 80.9 Å². The molecule has 0 aliphatic rings. The molecule has 0 spiro atoms. The van der Waals surface area contributed by atoms with E-state index in [1.165, 1.54) is 11.3 Å². The number of carbonyl (C=O) groups is 1. The van der Waals surface area contributed by atoms with E-state index in [-0.39, 0.29) is 5.56 Å². The van der Waals surface area contributed by atoms with Crippen LogP contribution in [0.3, 0.4) is 0 Å². The highest BCUT2D eigenvalue weighted by Gasteiger charge is 2.16. The highest BCUT2D eigenvalue weighted by molar-refractivity contribution is 7.21. The summed E-state index contributed by atoms with van der Waals surface area (Å²) in [7, 11) is 0. The fourth-order valence-electron chi connectivity index (χ4n) is 4.11. The normalized spacial score (nSPS) is 11.5. The van der Waals surface area contributed by atoms with Gasteiger partial charge in [0.1, 0.15) is 16.3 Å². The molecule has 5 aromatic rings. The molecule has 0 bridgehead atoms. The lowest BCUT2D eigenvalue weighted by atomic mass is 10.1. The van der Waals surface area contributed by atoms with Gasteiger partial charge in [-0.2, -0.15) is 0 Å². The standard InChI is InChI=1S/C25H22N4O2S/c1-4-21-28-22-14(2)11-15(3)26-23(22)29(21)13-16-9-10-20-19(12-16)27-24(32-20)17-7-5-6-8-18(17)25(30)31/h5-12H,4,13H2,1-3H3,(H,30,31). The number of pyridine rings is 1. The molecule has 7 heteroatoms. The van der Waals surface area contributed by atoms with E-state index in [1.807, 2.05) is 19.1 Å². The summed E-state index contributed by atoms with van der Waals surface area (Å²) in [5, 5.41) is 10.2. The van der Waals surface area contributed by atoms with Gasteiger partial charge in [-0.15, -0.1) is 11.3 Å². The van der Waals surface area contributed by atoms with Gasteiger partial charge in [0.2, 0.25) is 0 Å². The van der Waals surface area contributed by atoms with E-state index in [2.05, 4.69) is 42.7 Å². The molecule has 1 N–H and O–H groups in total. The van der Waals surface area contributed by atoms with Gasteiger partial charge in [-0.1, -0.05) is 31.2 Å². The molecule has 0 atom stereocenters. The minimum atomic E-state index is -0.947. The summed E-state index contributed by atoms with van der Waals surface area (Å²) in [4.78, 5) is 26.0. The lowest BCUT2D eigenvalue weighted by molar-refractivity contribution is 0.0697. The highest BCUT2D eigenvalue weighted by atomic mass is 32.1. The van der Waals surface area contributed by atoms with Crippen LogP contribution in [0.4, 0.5) is 0 Å². The van der Waals surface area contributed by atoms with E-state index in [1.54, 1.807) is 12.1 Å². The van der Waals surface area contributed by atoms with Crippen LogP contribution in [0.1, 0.15) is 39.9 Å². The summed E-state index contributed by atoms with van der Waals surface area (Å²) in [6, 6.07) is 15.3. The zero-order valence-corrected chi connectivity index (χ0v) is 18.9. The van der Waals surface area contributed by atoms with Crippen molar-refractivity contribution in [3.05, 3.63) is 76.7 Å². The van der Waals surface area contributed by atoms with Crippen LogP contribution in [0.5, 0.6) is 0 Å². The van der Waals surface area contributed by atoms with Gasteiger partial charge in [0.25, 0.3) is 0 Å². The molecule has 32 heavy (non-hydrogen) atoms. The van der Waals surface area contributed by atoms with Gasteiger partial charge in [-0.3, -0.25) is 0 Å². The Labute approximate surface area is 189 Å². The van der Waals surface area contributed by atoms with Crippen LogP contribution in [-0.4, -0.2) is 30.6 Å². The van der Waals surface area contributed by atoms with Gasteiger partial charge in [0.15, 0.2) is 5.65 Å². The number of aromatic carboxylic acids is 1. The first-order valence-electron chi connectivity index (χ1n) is 10.5. The van der Waals surface area contributed by atoms with Crippen LogP contribution in [0.2, 0.25) is 0 Å². The van der Waals surface area contributed by atoms with E-state index in [0.29, 0.717) is 17.1 Å². The van der Waals surface area contributed by atoms with Crippen molar-refractivity contribution < 1.29 is 9.90 Å². The predicted molar refractivity (Wildman–Crippen MR) is 127 cm³/mol. The number of hydrogen-bond acceptors (Lipinski definition) is 5. The molecule has 6 nitrogen and oxygen atoms in total. The predicted octanol–water partition coefficient (Wildman–Crippen LogP) is 5.63. The van der Waals surface area contributed by atoms with Crippen LogP contribution in [0.15, 0.2) is 48.5 Å². The molecule has 3 heterocycles. The van der Waals surface area contributed by atoms with Gasteiger partial charge in [-0.05, 0) is 49.2 Å². The Morgan fingerprint density at radius 2 is 1.88 bits per heavy atom. The molecular weight excluding hydrogens is 420 g/mol. The average molecular weight is 443 g/mol. The summed E-state index contributed by atoms with van der Waals surface area (Å²) >= 11 is 1.51. The first-order chi connectivity index (χ1) is 15.4. The van der Waals surface area contributed by atoms with Crippen LogP contribution in [-0.2, 0) is 13.0 Å². The average Bonchev–Trinajstić information content (AvgIpc) is 3.35. The second kappa shape index (κ2) is 7.84. The fraction of sp³-hybridized carbons (Fsp3) is 0.200. The SMILES string of the molecule is CCc1nc2c(C)cc(C)nc2n1Cc1ccc2sc(-c3ccccc3C(=O)O)nc2c1. The van der Waals surface area contributed by atoms with Crippen molar-refractivity contribution in [2.75, 3.05) is 0 Å². The summed E-state index contributed by atoms with van der Waals surface area (Å²) in [6.07, 6.45) is 0.823. The number of aromatic nitrogens is 4. The van der Waals surface area contributed by atoms with E-state index < -0.39 is 5.97 Å². The lowest BCUT2D eigenvalue weighted by Gasteiger charge is -2.08. The third kappa shape index (κ3) is 3.44. The van der Waals surface area contributed by atoms with Gasteiger partial charge in [0.05, 0.1) is 22.3 Å². The third-order valence-corrected chi connectivity index (χ3v) is 6.67. The van der Waals surface area contributed by atoms with E-state index in [0.717, 1.165) is 50.4 Å². The van der Waals surface area contributed by atoms with Crippen molar-refractivity contribution >= 4 is 38.7 Å². The number of hydrogen-bond donors (Lipinski definition) is 1. The molecule has 0 saturated heterocycles. The first-order valence-corrected chi connectivity index (χ1v) is 11.3. The number of carboxylic acid groups (broad SMARTS) is 1. The van der Waals surface area contributed by atoms with Crippen LogP contribution >= 0.6 is 11.3 Å². The van der Waals surface area contributed by atoms with Gasteiger partial charge < -0.3 is 9.67 Å². The maximum atomic E-state index is 11.6. The molecule has 3 aromatic heterocycles. The van der Waals surface area contributed by atoms with E-state index in [9.17, 15) is 9.90 Å². The largest absolute Gasteiger partial charge is 0.478 e. The van der Waals surface area contributed by atoms with Crippen molar-refractivity contribution in [3.8, 4) is 10.6 Å². The molecule has 0 aliphatic carbocycles. The van der Waals surface area contributed by atoms with Gasteiger partial charge >= 0.3 is 5.97 Å². The molecule has 0 radical (unpaired) electrons. The maximum absolute atomic E-state index is 11.6. The molecule has 0 amide bonds. The van der Waals surface area contributed by atoms with E-state index >= 15 is 0 Å². The summed E-state index contributed by atoms with van der Waals surface area (Å²) in [6.45, 7) is 6.85. The second-order valence-corrected chi connectivity index (χ2v) is 8.92. The van der Waals surface area contributed by atoms with Crippen LogP contribution < -0.4 is 0 Å². The monoisotopic (exact) mass is 442 g/mol. The number of nitrogens with zero attached hydrogens (tertiary/aromatic N) is 4. The number of thiazole rings is 1. The number of rotatable bonds is 5. The fourth-order valence-corrected chi connectivity index (χ4v) is 5.10. The Kier molecular flexibility index (Phi) is 4.98. The molecule has 160 valence electrons. The first kappa shape index (κ1) is 20.3. The number of carboxylic acids is 1. The quantitative estimate of drug-likeness (QED) is 0.381. The second-order valence-electron chi connectivity index (χ2n) is 7.89. The van der Waals surface area contributed by atoms with E-state index in [4.69, 9.17) is 15.0 Å². The Morgan fingerprint density at radius 3 is 2.66 bits per heavy atom. The molecule has 5 rings (SSSR count). The third-order valence-electron chi connectivity index (χ3n) is 5.60. The smallest absolute Gasteiger partial charge is 0.336 e. The van der Waals surface area contributed by atoms with Crippen LogP contribution in [0, 0.1) is 13.8 Å². The summed E-state index contributed by atoms with van der Waals surface area (Å²) in [5.74, 6) is 0.0633. The number of fused-ring (bicyclic) bond motifs is 2. The molecule has 2 aromatic carbocycles. The number of aryl methyl sites for hydroxylation is 3. The Bertz CT molecular complexity index is 1500. The number of benzene rings is 2. The zero-order valence-electron chi connectivity index (χ0n) is 18.1. The molecular formula is C25H22N4O2S.